The molecular weight excluding hydrogens is 264 g/mol. The Labute approximate surface area is 119 Å². The molecule has 4 nitrogen and oxygen atoms in total. The normalized spacial score (nSPS) is 10.6. The molecule has 0 aliphatic heterocycles. The van der Waals surface area contributed by atoms with Gasteiger partial charge in [-0.1, -0.05) is 18.2 Å². The molecule has 0 amide bonds. The van der Waals surface area contributed by atoms with E-state index in [0.29, 0.717) is 13.2 Å². The van der Waals surface area contributed by atoms with Crippen LogP contribution >= 0.6 is 12.4 Å². The van der Waals surface area contributed by atoms with Gasteiger partial charge in [0.15, 0.2) is 0 Å². The Kier molecular flexibility index (Phi) is 6.87. The number of hydrogen-bond acceptors (Lipinski definition) is 3. The molecule has 0 bridgehead atoms. The topological polar surface area (TPSA) is 46.4 Å². The molecule has 0 saturated carbocycles. The van der Waals surface area contributed by atoms with E-state index in [-0.39, 0.29) is 19.0 Å². The number of para-hydroxylation sites is 1. The van der Waals surface area contributed by atoms with Crippen LogP contribution in [0.25, 0.3) is 10.9 Å². The van der Waals surface area contributed by atoms with Gasteiger partial charge in [-0.25, -0.2) is 0 Å². The molecule has 2 rings (SSSR count). The second-order valence-electron chi connectivity index (χ2n) is 4.30. The SMILES string of the molecule is Cl.Cn1cc(CNCCOCCO)c2ccccc21. The minimum Gasteiger partial charge on any atom is -0.394 e. The quantitative estimate of drug-likeness (QED) is 0.761. The van der Waals surface area contributed by atoms with Crippen LogP contribution in [-0.4, -0.2) is 36.0 Å². The highest BCUT2D eigenvalue weighted by Gasteiger charge is 2.04. The number of halogens is 1. The molecule has 0 atom stereocenters. The van der Waals surface area contributed by atoms with Crippen LogP contribution in [0.15, 0.2) is 30.5 Å². The van der Waals surface area contributed by atoms with E-state index in [0.717, 1.165) is 13.1 Å². The maximum atomic E-state index is 8.57. The van der Waals surface area contributed by atoms with Crippen LogP contribution in [0, 0.1) is 0 Å². The summed E-state index contributed by atoms with van der Waals surface area (Å²) in [6, 6.07) is 8.40. The van der Waals surface area contributed by atoms with Gasteiger partial charge in [0.2, 0.25) is 0 Å². The second-order valence-corrected chi connectivity index (χ2v) is 4.30. The van der Waals surface area contributed by atoms with E-state index < -0.39 is 0 Å². The number of rotatable bonds is 7. The summed E-state index contributed by atoms with van der Waals surface area (Å²) in [5, 5.41) is 13.2. The Morgan fingerprint density at radius 2 is 2.05 bits per heavy atom. The number of aromatic nitrogens is 1. The molecule has 1 aromatic carbocycles. The zero-order chi connectivity index (χ0) is 12.8. The van der Waals surface area contributed by atoms with E-state index in [1.165, 1.54) is 16.5 Å². The van der Waals surface area contributed by atoms with Gasteiger partial charge in [0.25, 0.3) is 0 Å². The molecule has 0 spiro atoms. The summed E-state index contributed by atoms with van der Waals surface area (Å²) in [5.74, 6) is 0. The number of hydrogen-bond donors (Lipinski definition) is 2. The lowest BCUT2D eigenvalue weighted by Crippen LogP contribution is -2.19. The monoisotopic (exact) mass is 284 g/mol. The third-order valence-electron chi connectivity index (χ3n) is 2.95. The molecular formula is C14H21ClN2O2. The van der Waals surface area contributed by atoms with E-state index in [1.807, 2.05) is 0 Å². The minimum atomic E-state index is 0. The Morgan fingerprint density at radius 1 is 1.26 bits per heavy atom. The Balaban J connectivity index is 0.00000180. The van der Waals surface area contributed by atoms with Crippen molar-refractivity contribution >= 4 is 23.3 Å². The highest BCUT2D eigenvalue weighted by Crippen LogP contribution is 2.19. The lowest BCUT2D eigenvalue weighted by atomic mass is 10.2. The molecule has 0 aliphatic carbocycles. The van der Waals surface area contributed by atoms with E-state index >= 15 is 0 Å². The van der Waals surface area contributed by atoms with Crippen LogP contribution in [0.3, 0.4) is 0 Å². The smallest absolute Gasteiger partial charge is 0.0698 e. The molecule has 0 unspecified atom stereocenters. The van der Waals surface area contributed by atoms with Crippen LogP contribution in [0.4, 0.5) is 0 Å². The fraction of sp³-hybridized carbons (Fsp3) is 0.429. The van der Waals surface area contributed by atoms with Gasteiger partial charge in [0, 0.05) is 37.2 Å². The molecule has 0 saturated heterocycles. The molecule has 5 heteroatoms. The number of benzene rings is 1. The molecule has 0 radical (unpaired) electrons. The first kappa shape index (κ1) is 16.0. The van der Waals surface area contributed by atoms with Gasteiger partial charge < -0.3 is 19.7 Å². The first-order chi connectivity index (χ1) is 8.83. The number of nitrogens with zero attached hydrogens (tertiary/aromatic N) is 1. The summed E-state index contributed by atoms with van der Waals surface area (Å²) in [6.45, 7) is 2.76. The summed E-state index contributed by atoms with van der Waals surface area (Å²) < 4.78 is 7.34. The van der Waals surface area contributed by atoms with Crippen molar-refractivity contribution in [3.05, 3.63) is 36.0 Å². The second kappa shape index (κ2) is 8.17. The van der Waals surface area contributed by atoms with Crippen LogP contribution in [0.1, 0.15) is 5.56 Å². The number of aryl methyl sites for hydroxylation is 1. The number of aliphatic hydroxyl groups excluding tert-OH is 1. The van der Waals surface area contributed by atoms with Crippen molar-refractivity contribution in [1.82, 2.24) is 9.88 Å². The van der Waals surface area contributed by atoms with Crippen molar-refractivity contribution in [3.8, 4) is 0 Å². The van der Waals surface area contributed by atoms with Crippen molar-refractivity contribution in [1.29, 1.82) is 0 Å². The molecule has 1 heterocycles. The fourth-order valence-corrected chi connectivity index (χ4v) is 2.10. The predicted octanol–water partition coefficient (Wildman–Crippen LogP) is 1.70. The van der Waals surface area contributed by atoms with Crippen LogP contribution in [0.2, 0.25) is 0 Å². The maximum absolute atomic E-state index is 8.57. The number of ether oxygens (including phenoxy) is 1. The molecule has 1 aromatic heterocycles. The highest BCUT2D eigenvalue weighted by atomic mass is 35.5. The summed E-state index contributed by atoms with van der Waals surface area (Å²) >= 11 is 0. The zero-order valence-corrected chi connectivity index (χ0v) is 11.9. The van der Waals surface area contributed by atoms with Gasteiger partial charge in [0.1, 0.15) is 0 Å². The van der Waals surface area contributed by atoms with Gasteiger partial charge >= 0.3 is 0 Å². The summed E-state index contributed by atoms with van der Waals surface area (Å²) in [5.41, 5.74) is 2.56. The van der Waals surface area contributed by atoms with E-state index in [9.17, 15) is 0 Å². The summed E-state index contributed by atoms with van der Waals surface area (Å²) in [4.78, 5) is 0. The molecule has 2 aromatic rings. The largest absolute Gasteiger partial charge is 0.394 e. The summed E-state index contributed by atoms with van der Waals surface area (Å²) in [6.07, 6.45) is 2.16. The minimum absolute atomic E-state index is 0. The number of aliphatic hydroxyl groups is 1. The Morgan fingerprint density at radius 3 is 2.84 bits per heavy atom. The standard InChI is InChI=1S/C14H20N2O2.ClH/c1-16-11-12(10-15-6-8-18-9-7-17)13-4-2-3-5-14(13)16;/h2-5,11,15,17H,6-10H2,1H3;1H. The van der Waals surface area contributed by atoms with Crippen molar-refractivity contribution in [3.63, 3.8) is 0 Å². The van der Waals surface area contributed by atoms with Crippen LogP contribution in [-0.2, 0) is 18.3 Å². The highest BCUT2D eigenvalue weighted by molar-refractivity contribution is 5.85. The fourth-order valence-electron chi connectivity index (χ4n) is 2.10. The molecule has 106 valence electrons. The van der Waals surface area contributed by atoms with E-state index in [4.69, 9.17) is 9.84 Å². The predicted molar refractivity (Wildman–Crippen MR) is 79.8 cm³/mol. The van der Waals surface area contributed by atoms with Gasteiger partial charge in [-0.05, 0) is 11.6 Å². The van der Waals surface area contributed by atoms with Crippen LogP contribution in [0.5, 0.6) is 0 Å². The molecule has 0 fully saturated rings. The van der Waals surface area contributed by atoms with Gasteiger partial charge in [-0.3, -0.25) is 0 Å². The van der Waals surface area contributed by atoms with Crippen molar-refractivity contribution < 1.29 is 9.84 Å². The maximum Gasteiger partial charge on any atom is 0.0698 e. The van der Waals surface area contributed by atoms with Crippen molar-refractivity contribution in [2.24, 2.45) is 7.05 Å². The Hall–Kier alpha value is -1.07. The van der Waals surface area contributed by atoms with Gasteiger partial charge in [0.05, 0.1) is 19.8 Å². The average molecular weight is 285 g/mol. The molecule has 2 N–H and O–H groups in total. The Bertz CT molecular complexity index is 499. The average Bonchev–Trinajstić information content (AvgIpc) is 2.71. The third-order valence-corrected chi connectivity index (χ3v) is 2.95. The van der Waals surface area contributed by atoms with Crippen molar-refractivity contribution in [2.45, 2.75) is 6.54 Å². The lowest BCUT2D eigenvalue weighted by molar-refractivity contribution is 0.0938. The van der Waals surface area contributed by atoms with E-state index in [1.54, 1.807) is 0 Å². The third kappa shape index (κ3) is 4.21. The van der Waals surface area contributed by atoms with Gasteiger partial charge in [-0.2, -0.15) is 0 Å². The first-order valence-electron chi connectivity index (χ1n) is 6.25. The lowest BCUT2D eigenvalue weighted by Gasteiger charge is -2.04. The van der Waals surface area contributed by atoms with Crippen molar-refractivity contribution in [2.75, 3.05) is 26.4 Å². The van der Waals surface area contributed by atoms with Gasteiger partial charge in [-0.15, -0.1) is 12.4 Å². The number of fused-ring (bicyclic) bond motifs is 1. The zero-order valence-electron chi connectivity index (χ0n) is 11.1. The summed E-state index contributed by atoms with van der Waals surface area (Å²) in [7, 11) is 2.07. The molecule has 0 aliphatic rings. The van der Waals surface area contributed by atoms with Crippen LogP contribution < -0.4 is 5.32 Å². The first-order valence-corrected chi connectivity index (χ1v) is 6.25. The molecule has 19 heavy (non-hydrogen) atoms. The number of nitrogens with one attached hydrogen (secondary N) is 1. The van der Waals surface area contributed by atoms with E-state index in [2.05, 4.69) is 47.4 Å².